The van der Waals surface area contributed by atoms with Crippen molar-refractivity contribution in [2.45, 2.75) is 32.0 Å². The second kappa shape index (κ2) is 6.18. The van der Waals surface area contributed by atoms with Gasteiger partial charge in [-0.25, -0.2) is 0 Å². The predicted octanol–water partition coefficient (Wildman–Crippen LogP) is -0.420. The number of amides is 1. The van der Waals surface area contributed by atoms with E-state index in [1.54, 1.807) is 11.8 Å². The lowest BCUT2D eigenvalue weighted by molar-refractivity contribution is -0.143. The van der Waals surface area contributed by atoms with E-state index < -0.39 is 6.10 Å². The molecule has 2 unspecified atom stereocenters. The lowest BCUT2D eigenvalue weighted by Crippen LogP contribution is -2.47. The number of piperidine rings is 1. The third kappa shape index (κ3) is 3.17. The Kier molecular flexibility index (Phi) is 5.18. The van der Waals surface area contributed by atoms with Crippen molar-refractivity contribution in [3.63, 3.8) is 0 Å². The van der Waals surface area contributed by atoms with Crippen molar-refractivity contribution >= 4 is 5.91 Å². The van der Waals surface area contributed by atoms with Crippen LogP contribution in [0.5, 0.6) is 0 Å². The molecule has 0 aromatic carbocycles. The Morgan fingerprint density at radius 1 is 1.56 bits per heavy atom. The van der Waals surface area contributed by atoms with E-state index in [0.717, 1.165) is 12.8 Å². The summed E-state index contributed by atoms with van der Waals surface area (Å²) >= 11 is 0. The summed E-state index contributed by atoms with van der Waals surface area (Å²) in [5.74, 6) is 0.275. The number of nitrogens with two attached hydrogens (primary N) is 1. The standard InChI is InChI=1S/C11H22N2O3/c1-8(14)9-3-5-13(6-4-9)11(15)10(7-12)16-2/h8-10,14H,3-7,12H2,1-2H3. The van der Waals surface area contributed by atoms with Gasteiger partial charge in [-0.05, 0) is 25.7 Å². The highest BCUT2D eigenvalue weighted by Crippen LogP contribution is 2.21. The number of methoxy groups -OCH3 is 1. The molecule has 1 fully saturated rings. The first kappa shape index (κ1) is 13.4. The first-order valence-electron chi connectivity index (χ1n) is 5.79. The first-order valence-corrected chi connectivity index (χ1v) is 5.79. The molecule has 94 valence electrons. The maximum atomic E-state index is 11.9. The molecule has 5 heteroatoms. The fourth-order valence-corrected chi connectivity index (χ4v) is 2.10. The first-order chi connectivity index (χ1) is 7.60. The van der Waals surface area contributed by atoms with E-state index in [-0.39, 0.29) is 18.6 Å². The average Bonchev–Trinajstić information content (AvgIpc) is 2.30. The normalized spacial score (nSPS) is 21.9. The second-order valence-electron chi connectivity index (χ2n) is 4.36. The van der Waals surface area contributed by atoms with Crippen LogP contribution < -0.4 is 5.73 Å². The third-order valence-corrected chi connectivity index (χ3v) is 3.31. The van der Waals surface area contributed by atoms with E-state index in [1.807, 2.05) is 0 Å². The molecular weight excluding hydrogens is 208 g/mol. The highest BCUT2D eigenvalue weighted by Gasteiger charge is 2.28. The van der Waals surface area contributed by atoms with E-state index in [0.29, 0.717) is 19.0 Å². The molecule has 0 saturated carbocycles. The van der Waals surface area contributed by atoms with Gasteiger partial charge in [0.2, 0.25) is 0 Å². The molecule has 1 aliphatic rings. The Bertz CT molecular complexity index is 221. The SMILES string of the molecule is COC(CN)C(=O)N1CCC(C(C)O)CC1. The van der Waals surface area contributed by atoms with Crippen LogP contribution in [0.25, 0.3) is 0 Å². The van der Waals surface area contributed by atoms with Gasteiger partial charge in [0.25, 0.3) is 5.91 Å². The quantitative estimate of drug-likeness (QED) is 0.688. The minimum absolute atomic E-state index is 0.0333. The van der Waals surface area contributed by atoms with Gasteiger partial charge in [-0.3, -0.25) is 4.79 Å². The van der Waals surface area contributed by atoms with Crippen molar-refractivity contribution < 1.29 is 14.6 Å². The Labute approximate surface area is 96.6 Å². The van der Waals surface area contributed by atoms with Gasteiger partial charge in [0.15, 0.2) is 0 Å². The minimum Gasteiger partial charge on any atom is -0.393 e. The fraction of sp³-hybridized carbons (Fsp3) is 0.909. The topological polar surface area (TPSA) is 75.8 Å². The maximum Gasteiger partial charge on any atom is 0.253 e. The van der Waals surface area contributed by atoms with E-state index in [9.17, 15) is 9.90 Å². The van der Waals surface area contributed by atoms with Gasteiger partial charge >= 0.3 is 0 Å². The number of carbonyl (C=O) groups excluding carboxylic acids is 1. The summed E-state index contributed by atoms with van der Waals surface area (Å²) < 4.78 is 5.02. The van der Waals surface area contributed by atoms with Crippen molar-refractivity contribution in [1.82, 2.24) is 4.90 Å². The molecule has 3 N–H and O–H groups in total. The van der Waals surface area contributed by atoms with Gasteiger partial charge in [0, 0.05) is 26.7 Å². The number of rotatable bonds is 4. The molecule has 16 heavy (non-hydrogen) atoms. The molecule has 1 rings (SSSR count). The summed E-state index contributed by atoms with van der Waals surface area (Å²) in [5, 5.41) is 9.46. The molecular formula is C11H22N2O3. The Morgan fingerprint density at radius 2 is 2.12 bits per heavy atom. The van der Waals surface area contributed by atoms with Crippen molar-refractivity contribution in [1.29, 1.82) is 0 Å². The number of ether oxygens (including phenoxy) is 1. The average molecular weight is 230 g/mol. The van der Waals surface area contributed by atoms with Crippen LogP contribution in [0.4, 0.5) is 0 Å². The maximum absolute atomic E-state index is 11.9. The van der Waals surface area contributed by atoms with Crippen LogP contribution in [-0.2, 0) is 9.53 Å². The largest absolute Gasteiger partial charge is 0.393 e. The number of aliphatic hydroxyl groups is 1. The molecule has 1 aliphatic heterocycles. The minimum atomic E-state index is -0.525. The molecule has 0 radical (unpaired) electrons. The summed E-state index contributed by atoms with van der Waals surface area (Å²) in [6.45, 7) is 3.40. The van der Waals surface area contributed by atoms with E-state index in [2.05, 4.69) is 0 Å². The van der Waals surface area contributed by atoms with Crippen LogP contribution in [-0.4, -0.2) is 54.9 Å². The molecule has 0 aromatic heterocycles. The summed E-state index contributed by atoms with van der Waals surface area (Å²) in [5.41, 5.74) is 5.45. The van der Waals surface area contributed by atoms with Gasteiger partial charge in [0.1, 0.15) is 6.10 Å². The second-order valence-corrected chi connectivity index (χ2v) is 4.36. The Hall–Kier alpha value is -0.650. The highest BCUT2D eigenvalue weighted by atomic mass is 16.5. The zero-order chi connectivity index (χ0) is 12.1. The lowest BCUT2D eigenvalue weighted by Gasteiger charge is -2.34. The van der Waals surface area contributed by atoms with Crippen molar-refractivity contribution in [3.8, 4) is 0 Å². The molecule has 2 atom stereocenters. The van der Waals surface area contributed by atoms with Crippen molar-refractivity contribution in [2.24, 2.45) is 11.7 Å². The Morgan fingerprint density at radius 3 is 2.50 bits per heavy atom. The van der Waals surface area contributed by atoms with E-state index >= 15 is 0 Å². The number of hydrogen-bond acceptors (Lipinski definition) is 4. The zero-order valence-corrected chi connectivity index (χ0v) is 10.1. The summed E-state index contributed by atoms with van der Waals surface area (Å²) in [7, 11) is 1.50. The van der Waals surface area contributed by atoms with E-state index in [4.69, 9.17) is 10.5 Å². The van der Waals surface area contributed by atoms with Crippen LogP contribution in [0, 0.1) is 5.92 Å². The molecule has 5 nitrogen and oxygen atoms in total. The van der Waals surface area contributed by atoms with Crippen molar-refractivity contribution in [3.05, 3.63) is 0 Å². The summed E-state index contributed by atoms with van der Waals surface area (Å²) in [6, 6.07) is 0. The molecule has 0 bridgehead atoms. The van der Waals surface area contributed by atoms with Crippen LogP contribution in [0.3, 0.4) is 0 Å². The number of aliphatic hydroxyl groups excluding tert-OH is 1. The molecule has 0 aromatic rings. The van der Waals surface area contributed by atoms with Crippen LogP contribution in [0.2, 0.25) is 0 Å². The van der Waals surface area contributed by atoms with Crippen LogP contribution in [0.15, 0.2) is 0 Å². The third-order valence-electron chi connectivity index (χ3n) is 3.31. The molecule has 1 heterocycles. The van der Waals surface area contributed by atoms with Gasteiger partial charge in [0.05, 0.1) is 6.10 Å². The monoisotopic (exact) mass is 230 g/mol. The van der Waals surface area contributed by atoms with Gasteiger partial charge in [-0.15, -0.1) is 0 Å². The summed E-state index contributed by atoms with van der Waals surface area (Å²) in [4.78, 5) is 13.7. The van der Waals surface area contributed by atoms with Crippen molar-refractivity contribution in [2.75, 3.05) is 26.7 Å². The predicted molar refractivity (Wildman–Crippen MR) is 60.8 cm³/mol. The Balaban J connectivity index is 2.44. The zero-order valence-electron chi connectivity index (χ0n) is 10.1. The molecule has 1 amide bonds. The fourth-order valence-electron chi connectivity index (χ4n) is 2.10. The van der Waals surface area contributed by atoms with Gasteiger partial charge in [-0.2, -0.15) is 0 Å². The van der Waals surface area contributed by atoms with Crippen LogP contribution >= 0.6 is 0 Å². The smallest absolute Gasteiger partial charge is 0.253 e. The molecule has 0 aliphatic carbocycles. The lowest BCUT2D eigenvalue weighted by atomic mass is 9.92. The van der Waals surface area contributed by atoms with Crippen LogP contribution in [0.1, 0.15) is 19.8 Å². The number of likely N-dealkylation sites (tertiary alicyclic amines) is 1. The number of nitrogens with zero attached hydrogens (tertiary/aromatic N) is 1. The molecule has 1 saturated heterocycles. The van der Waals surface area contributed by atoms with Gasteiger partial charge in [-0.1, -0.05) is 0 Å². The van der Waals surface area contributed by atoms with E-state index in [1.165, 1.54) is 7.11 Å². The highest BCUT2D eigenvalue weighted by molar-refractivity contribution is 5.81. The number of carbonyl (C=O) groups is 1. The molecule has 0 spiro atoms. The number of hydrogen-bond donors (Lipinski definition) is 2. The van der Waals surface area contributed by atoms with Gasteiger partial charge < -0.3 is 20.5 Å². The summed E-state index contributed by atoms with van der Waals surface area (Å²) in [6.07, 6.45) is 0.891.